The zero-order valence-electron chi connectivity index (χ0n) is 15.0. The predicted molar refractivity (Wildman–Crippen MR) is 88.7 cm³/mol. The molecule has 1 N–H and O–H groups in total. The van der Waals surface area contributed by atoms with Gasteiger partial charge in [0.2, 0.25) is 0 Å². The summed E-state index contributed by atoms with van der Waals surface area (Å²) in [6.07, 6.45) is 5.40. The van der Waals surface area contributed by atoms with Crippen LogP contribution in [-0.4, -0.2) is 23.7 Å². The van der Waals surface area contributed by atoms with Crippen LogP contribution in [0, 0.1) is 17.3 Å². The molecule has 0 amide bonds. The lowest BCUT2D eigenvalue weighted by Gasteiger charge is -2.40. The highest BCUT2D eigenvalue weighted by atomic mass is 16.5. The fourth-order valence-corrected chi connectivity index (χ4v) is 3.15. The van der Waals surface area contributed by atoms with E-state index in [4.69, 9.17) is 4.74 Å². The standard InChI is InChI=1S/C18H34O4/c1-6-9-12-18(14(4)5,15(11-8-3)16(19)20)17(21)22-13-10-7-2/h14-15H,6-13H2,1-5H3,(H,19,20). The van der Waals surface area contributed by atoms with E-state index in [9.17, 15) is 14.7 Å². The van der Waals surface area contributed by atoms with Gasteiger partial charge in [-0.15, -0.1) is 0 Å². The number of unbranched alkanes of at least 4 members (excludes halogenated alkanes) is 2. The van der Waals surface area contributed by atoms with E-state index < -0.39 is 17.3 Å². The number of carboxylic acids is 1. The Morgan fingerprint density at radius 1 is 1.05 bits per heavy atom. The van der Waals surface area contributed by atoms with Crippen LogP contribution >= 0.6 is 0 Å². The van der Waals surface area contributed by atoms with Crippen LogP contribution in [0.1, 0.15) is 79.6 Å². The number of ether oxygens (including phenoxy) is 1. The van der Waals surface area contributed by atoms with Crippen molar-refractivity contribution in [3.05, 3.63) is 0 Å². The van der Waals surface area contributed by atoms with Gasteiger partial charge in [-0.1, -0.05) is 60.3 Å². The van der Waals surface area contributed by atoms with Crippen LogP contribution in [-0.2, 0) is 14.3 Å². The van der Waals surface area contributed by atoms with Crippen LogP contribution in [0.5, 0.6) is 0 Å². The van der Waals surface area contributed by atoms with Crippen molar-refractivity contribution in [2.75, 3.05) is 6.61 Å². The van der Waals surface area contributed by atoms with E-state index in [-0.39, 0.29) is 11.9 Å². The Hall–Kier alpha value is -1.06. The summed E-state index contributed by atoms with van der Waals surface area (Å²) >= 11 is 0. The first-order chi connectivity index (χ1) is 10.4. The molecule has 0 rings (SSSR count). The maximum atomic E-state index is 12.8. The topological polar surface area (TPSA) is 63.6 Å². The van der Waals surface area contributed by atoms with Crippen molar-refractivity contribution in [3.63, 3.8) is 0 Å². The summed E-state index contributed by atoms with van der Waals surface area (Å²) in [6.45, 7) is 10.3. The summed E-state index contributed by atoms with van der Waals surface area (Å²) in [4.78, 5) is 24.7. The van der Waals surface area contributed by atoms with E-state index in [1.165, 1.54) is 0 Å². The number of hydrogen-bond donors (Lipinski definition) is 1. The third kappa shape index (κ3) is 5.29. The lowest BCUT2D eigenvalue weighted by atomic mass is 9.63. The van der Waals surface area contributed by atoms with Gasteiger partial charge in [0.1, 0.15) is 0 Å². The highest BCUT2D eigenvalue weighted by Gasteiger charge is 2.51. The number of aliphatic carboxylic acids is 1. The lowest BCUT2D eigenvalue weighted by Crippen LogP contribution is -2.47. The first kappa shape index (κ1) is 20.9. The largest absolute Gasteiger partial charge is 0.481 e. The molecule has 130 valence electrons. The molecular formula is C18H34O4. The Balaban J connectivity index is 5.55. The van der Waals surface area contributed by atoms with Gasteiger partial charge < -0.3 is 9.84 Å². The van der Waals surface area contributed by atoms with E-state index in [1.54, 1.807) is 0 Å². The Bertz CT molecular complexity index is 338. The molecule has 0 saturated heterocycles. The smallest absolute Gasteiger partial charge is 0.313 e. The van der Waals surface area contributed by atoms with E-state index in [0.717, 1.165) is 32.1 Å². The van der Waals surface area contributed by atoms with E-state index >= 15 is 0 Å². The Kier molecular flexibility index (Phi) is 10.1. The molecule has 0 aliphatic rings. The minimum atomic E-state index is -0.911. The van der Waals surface area contributed by atoms with Crippen molar-refractivity contribution >= 4 is 11.9 Å². The zero-order valence-corrected chi connectivity index (χ0v) is 15.0. The first-order valence-electron chi connectivity index (χ1n) is 8.78. The second-order valence-corrected chi connectivity index (χ2v) is 6.47. The van der Waals surface area contributed by atoms with Crippen LogP contribution < -0.4 is 0 Å². The molecule has 0 saturated carbocycles. The summed E-state index contributed by atoms with van der Waals surface area (Å²) in [5, 5.41) is 9.70. The molecule has 2 atom stereocenters. The van der Waals surface area contributed by atoms with Crippen LogP contribution in [0.3, 0.4) is 0 Å². The van der Waals surface area contributed by atoms with Gasteiger partial charge in [0.05, 0.1) is 17.9 Å². The summed E-state index contributed by atoms with van der Waals surface area (Å²) in [5.41, 5.74) is -0.911. The molecule has 0 fully saturated rings. The van der Waals surface area contributed by atoms with Crippen molar-refractivity contribution in [1.82, 2.24) is 0 Å². The number of carboxylic acid groups (broad SMARTS) is 1. The van der Waals surface area contributed by atoms with Gasteiger partial charge in [-0.25, -0.2) is 0 Å². The Labute approximate surface area is 135 Å². The van der Waals surface area contributed by atoms with Crippen molar-refractivity contribution in [2.24, 2.45) is 17.3 Å². The van der Waals surface area contributed by atoms with E-state index in [2.05, 4.69) is 6.92 Å². The SMILES string of the molecule is CCCCOC(=O)C(CCCC)(C(C)C)C(CCC)C(=O)O. The first-order valence-corrected chi connectivity index (χ1v) is 8.78. The molecule has 2 unspecified atom stereocenters. The second kappa shape index (κ2) is 10.6. The van der Waals surface area contributed by atoms with Crippen LogP contribution in [0.4, 0.5) is 0 Å². The molecule has 0 heterocycles. The lowest BCUT2D eigenvalue weighted by molar-refractivity contribution is -0.173. The summed E-state index contributed by atoms with van der Waals surface area (Å²) in [6, 6.07) is 0. The fraction of sp³-hybridized carbons (Fsp3) is 0.889. The van der Waals surface area contributed by atoms with Gasteiger partial charge in [0.15, 0.2) is 0 Å². The monoisotopic (exact) mass is 314 g/mol. The molecule has 0 aromatic heterocycles. The quantitative estimate of drug-likeness (QED) is 0.420. The van der Waals surface area contributed by atoms with Crippen LogP contribution in [0.15, 0.2) is 0 Å². The molecule has 0 aromatic carbocycles. The zero-order chi connectivity index (χ0) is 17.2. The number of carbonyl (C=O) groups is 2. The molecule has 0 spiro atoms. The molecule has 0 aliphatic carbocycles. The van der Waals surface area contributed by atoms with Crippen molar-refractivity contribution in [2.45, 2.75) is 79.6 Å². The van der Waals surface area contributed by atoms with Gasteiger partial charge in [-0.2, -0.15) is 0 Å². The number of hydrogen-bond acceptors (Lipinski definition) is 3. The Morgan fingerprint density at radius 2 is 1.64 bits per heavy atom. The normalized spacial score (nSPS) is 15.4. The maximum Gasteiger partial charge on any atom is 0.313 e. The fourth-order valence-electron chi connectivity index (χ4n) is 3.15. The molecule has 0 aromatic rings. The van der Waals surface area contributed by atoms with E-state index in [0.29, 0.717) is 19.4 Å². The molecule has 22 heavy (non-hydrogen) atoms. The predicted octanol–water partition coefficient (Wildman–Crippen LogP) is 4.66. The van der Waals surface area contributed by atoms with Crippen molar-refractivity contribution < 1.29 is 19.4 Å². The average molecular weight is 314 g/mol. The Morgan fingerprint density at radius 3 is 2.05 bits per heavy atom. The molecule has 0 radical (unpaired) electrons. The highest BCUT2D eigenvalue weighted by Crippen LogP contribution is 2.44. The summed E-state index contributed by atoms with van der Waals surface area (Å²) in [5.74, 6) is -1.91. The average Bonchev–Trinajstić information content (AvgIpc) is 2.46. The minimum absolute atomic E-state index is 0.0548. The third-order valence-corrected chi connectivity index (χ3v) is 4.58. The highest BCUT2D eigenvalue weighted by molar-refractivity contribution is 5.85. The van der Waals surface area contributed by atoms with Crippen molar-refractivity contribution in [1.29, 1.82) is 0 Å². The van der Waals surface area contributed by atoms with E-state index in [1.807, 2.05) is 27.7 Å². The number of esters is 1. The van der Waals surface area contributed by atoms with Gasteiger partial charge in [-0.3, -0.25) is 9.59 Å². The molecule has 4 heteroatoms. The van der Waals surface area contributed by atoms with Gasteiger partial charge >= 0.3 is 11.9 Å². The molecule has 0 aliphatic heterocycles. The van der Waals surface area contributed by atoms with Gasteiger partial charge in [-0.05, 0) is 25.2 Å². The minimum Gasteiger partial charge on any atom is -0.481 e. The molecule has 0 bridgehead atoms. The van der Waals surface area contributed by atoms with Gasteiger partial charge in [0, 0.05) is 0 Å². The third-order valence-electron chi connectivity index (χ3n) is 4.58. The summed E-state index contributed by atoms with van der Waals surface area (Å²) < 4.78 is 5.48. The van der Waals surface area contributed by atoms with Crippen LogP contribution in [0.2, 0.25) is 0 Å². The molecule has 4 nitrogen and oxygen atoms in total. The van der Waals surface area contributed by atoms with Crippen LogP contribution in [0.25, 0.3) is 0 Å². The second-order valence-electron chi connectivity index (χ2n) is 6.47. The summed E-state index contributed by atoms with van der Waals surface area (Å²) in [7, 11) is 0. The number of carbonyl (C=O) groups excluding carboxylic acids is 1. The van der Waals surface area contributed by atoms with Gasteiger partial charge in [0.25, 0.3) is 0 Å². The number of rotatable bonds is 12. The maximum absolute atomic E-state index is 12.8. The molecular weight excluding hydrogens is 280 g/mol. The van der Waals surface area contributed by atoms with Crippen molar-refractivity contribution in [3.8, 4) is 0 Å².